The van der Waals surface area contributed by atoms with E-state index in [-0.39, 0.29) is 12.6 Å². The molecule has 1 aromatic rings. The molecule has 0 radical (unpaired) electrons. The van der Waals surface area contributed by atoms with Crippen LogP contribution in [0.15, 0.2) is 24.3 Å². The highest BCUT2D eigenvalue weighted by atomic mass is 16.5. The van der Waals surface area contributed by atoms with Crippen LogP contribution in [0.5, 0.6) is 0 Å². The number of nitrogens with one attached hydrogen (secondary N) is 1. The second-order valence-electron chi connectivity index (χ2n) is 4.52. The Hall–Kier alpha value is -1.39. The van der Waals surface area contributed by atoms with Gasteiger partial charge in [-0.05, 0) is 24.0 Å². The van der Waals surface area contributed by atoms with Gasteiger partial charge in [-0.25, -0.2) is 0 Å². The minimum absolute atomic E-state index is 0.190. The van der Waals surface area contributed by atoms with Crippen LogP contribution in [-0.2, 0) is 22.5 Å². The Morgan fingerprint density at radius 3 is 2.63 bits per heavy atom. The molecule has 0 bridgehead atoms. The van der Waals surface area contributed by atoms with Crippen LogP contribution in [0, 0.1) is 0 Å². The van der Waals surface area contributed by atoms with Gasteiger partial charge in [-0.1, -0.05) is 31.2 Å². The molecular weight excluding hydrogens is 242 g/mol. The normalized spacial score (nSPS) is 12.2. The molecule has 106 valence electrons. The third-order valence-corrected chi connectivity index (χ3v) is 3.23. The van der Waals surface area contributed by atoms with Crippen molar-refractivity contribution in [1.29, 1.82) is 0 Å². The van der Waals surface area contributed by atoms with Gasteiger partial charge in [-0.3, -0.25) is 4.79 Å². The lowest BCUT2D eigenvalue weighted by atomic mass is 10.0. The minimum atomic E-state index is -0.227. The molecule has 0 saturated heterocycles. The largest absolute Gasteiger partial charge is 0.469 e. The summed E-state index contributed by atoms with van der Waals surface area (Å²) in [5.41, 5.74) is 2.09. The first kappa shape index (κ1) is 15.7. The predicted molar refractivity (Wildman–Crippen MR) is 74.8 cm³/mol. The molecule has 0 saturated carbocycles. The third-order valence-electron chi connectivity index (χ3n) is 3.23. The highest BCUT2D eigenvalue weighted by Crippen LogP contribution is 2.11. The fraction of sp³-hybridized carbons (Fsp3) is 0.533. The fourth-order valence-corrected chi connectivity index (χ4v) is 1.99. The quantitative estimate of drug-likeness (QED) is 0.702. The lowest BCUT2D eigenvalue weighted by Gasteiger charge is -2.17. The molecule has 4 nitrogen and oxygen atoms in total. The summed E-state index contributed by atoms with van der Waals surface area (Å²) in [6, 6.07) is 8.14. The SMILES string of the molecule is CCC(CCO)NCc1ccccc1CC(=O)OC. The van der Waals surface area contributed by atoms with Crippen LogP contribution in [0.25, 0.3) is 0 Å². The molecule has 0 aromatic heterocycles. The van der Waals surface area contributed by atoms with Gasteiger partial charge in [0.1, 0.15) is 0 Å². The molecule has 0 aliphatic rings. The van der Waals surface area contributed by atoms with E-state index in [2.05, 4.69) is 12.2 Å². The number of carbonyl (C=O) groups is 1. The van der Waals surface area contributed by atoms with Crippen molar-refractivity contribution in [2.45, 2.75) is 38.8 Å². The van der Waals surface area contributed by atoms with Crippen LogP contribution in [0.2, 0.25) is 0 Å². The summed E-state index contributed by atoms with van der Waals surface area (Å²) >= 11 is 0. The summed E-state index contributed by atoms with van der Waals surface area (Å²) in [5, 5.41) is 12.4. The second kappa shape index (κ2) is 8.67. The van der Waals surface area contributed by atoms with E-state index < -0.39 is 0 Å². The number of carbonyl (C=O) groups excluding carboxylic acids is 1. The Labute approximate surface area is 114 Å². The standard InChI is InChI=1S/C15H23NO3/c1-3-14(8-9-17)16-11-13-7-5-4-6-12(13)10-15(18)19-2/h4-7,14,16-17H,3,8-11H2,1-2H3. The first-order valence-corrected chi connectivity index (χ1v) is 6.69. The highest BCUT2D eigenvalue weighted by Gasteiger charge is 2.09. The van der Waals surface area contributed by atoms with Gasteiger partial charge in [-0.2, -0.15) is 0 Å². The van der Waals surface area contributed by atoms with Crippen molar-refractivity contribution in [3.63, 3.8) is 0 Å². The summed E-state index contributed by atoms with van der Waals surface area (Å²) in [6.07, 6.45) is 2.01. The molecular formula is C15H23NO3. The first-order valence-electron chi connectivity index (χ1n) is 6.69. The van der Waals surface area contributed by atoms with Gasteiger partial charge in [0.05, 0.1) is 13.5 Å². The number of aliphatic hydroxyl groups is 1. The Balaban J connectivity index is 2.64. The first-order chi connectivity index (χ1) is 9.21. The Morgan fingerprint density at radius 2 is 2.05 bits per heavy atom. The van der Waals surface area contributed by atoms with Crippen LogP contribution < -0.4 is 5.32 Å². The van der Waals surface area contributed by atoms with Gasteiger partial charge in [0.15, 0.2) is 0 Å². The number of methoxy groups -OCH3 is 1. The van der Waals surface area contributed by atoms with E-state index in [0.29, 0.717) is 19.0 Å². The maximum Gasteiger partial charge on any atom is 0.309 e. The Bertz CT molecular complexity index is 393. The summed E-state index contributed by atoms with van der Waals surface area (Å²) < 4.78 is 4.70. The summed E-state index contributed by atoms with van der Waals surface area (Å²) in [5.74, 6) is -0.227. The van der Waals surface area contributed by atoms with Crippen molar-refractivity contribution in [2.75, 3.05) is 13.7 Å². The molecule has 1 rings (SSSR count). The van der Waals surface area contributed by atoms with Crippen LogP contribution in [0.3, 0.4) is 0 Å². The van der Waals surface area contributed by atoms with Crippen LogP contribution in [0.1, 0.15) is 30.9 Å². The van der Waals surface area contributed by atoms with Gasteiger partial charge < -0.3 is 15.2 Å². The van der Waals surface area contributed by atoms with Gasteiger partial charge >= 0.3 is 5.97 Å². The van der Waals surface area contributed by atoms with Gasteiger partial charge in [0, 0.05) is 19.2 Å². The monoisotopic (exact) mass is 265 g/mol. The fourth-order valence-electron chi connectivity index (χ4n) is 1.99. The van der Waals surface area contributed by atoms with E-state index in [1.165, 1.54) is 7.11 Å². The number of ether oxygens (including phenoxy) is 1. The van der Waals surface area contributed by atoms with Gasteiger partial charge in [-0.15, -0.1) is 0 Å². The average Bonchev–Trinajstić information content (AvgIpc) is 2.44. The second-order valence-corrected chi connectivity index (χ2v) is 4.52. The maximum absolute atomic E-state index is 11.4. The topological polar surface area (TPSA) is 58.6 Å². The zero-order valence-corrected chi connectivity index (χ0v) is 11.7. The zero-order valence-electron chi connectivity index (χ0n) is 11.7. The molecule has 0 aliphatic heterocycles. The molecule has 0 spiro atoms. The van der Waals surface area contributed by atoms with E-state index in [1.807, 2.05) is 24.3 Å². The lowest BCUT2D eigenvalue weighted by Crippen LogP contribution is -2.29. The molecule has 19 heavy (non-hydrogen) atoms. The van der Waals surface area contributed by atoms with E-state index in [4.69, 9.17) is 9.84 Å². The minimum Gasteiger partial charge on any atom is -0.469 e. The number of benzene rings is 1. The van der Waals surface area contributed by atoms with Crippen molar-refractivity contribution < 1.29 is 14.6 Å². The van der Waals surface area contributed by atoms with E-state index >= 15 is 0 Å². The summed E-state index contributed by atoms with van der Waals surface area (Å²) in [6.45, 7) is 2.98. The number of hydrogen-bond donors (Lipinski definition) is 2. The van der Waals surface area contributed by atoms with Crippen LogP contribution in [-0.4, -0.2) is 30.8 Å². The molecule has 4 heteroatoms. The third kappa shape index (κ3) is 5.41. The van der Waals surface area contributed by atoms with E-state index in [1.54, 1.807) is 0 Å². The van der Waals surface area contributed by atoms with E-state index in [9.17, 15) is 4.79 Å². The lowest BCUT2D eigenvalue weighted by molar-refractivity contribution is -0.139. The molecule has 2 N–H and O–H groups in total. The van der Waals surface area contributed by atoms with Gasteiger partial charge in [0.2, 0.25) is 0 Å². The zero-order chi connectivity index (χ0) is 14.1. The number of aliphatic hydroxyl groups excluding tert-OH is 1. The molecule has 0 amide bonds. The maximum atomic E-state index is 11.4. The van der Waals surface area contributed by atoms with E-state index in [0.717, 1.165) is 24.0 Å². The van der Waals surface area contributed by atoms with Crippen molar-refractivity contribution in [3.05, 3.63) is 35.4 Å². The summed E-state index contributed by atoms with van der Waals surface area (Å²) in [7, 11) is 1.40. The van der Waals surface area contributed by atoms with Gasteiger partial charge in [0.25, 0.3) is 0 Å². The van der Waals surface area contributed by atoms with Crippen LogP contribution in [0.4, 0.5) is 0 Å². The Kier molecular flexibility index (Phi) is 7.15. The smallest absolute Gasteiger partial charge is 0.309 e. The molecule has 1 atom stereocenters. The number of hydrogen-bond acceptors (Lipinski definition) is 4. The van der Waals surface area contributed by atoms with Crippen LogP contribution >= 0.6 is 0 Å². The highest BCUT2D eigenvalue weighted by molar-refractivity contribution is 5.72. The molecule has 0 aliphatic carbocycles. The molecule has 0 fully saturated rings. The molecule has 0 heterocycles. The average molecular weight is 265 g/mol. The number of rotatable bonds is 8. The summed E-state index contributed by atoms with van der Waals surface area (Å²) in [4.78, 5) is 11.4. The van der Waals surface area contributed by atoms with Crippen molar-refractivity contribution in [1.82, 2.24) is 5.32 Å². The number of esters is 1. The van der Waals surface area contributed by atoms with Crippen molar-refractivity contribution >= 4 is 5.97 Å². The van der Waals surface area contributed by atoms with Crippen molar-refractivity contribution in [2.24, 2.45) is 0 Å². The molecule has 1 aromatic carbocycles. The predicted octanol–water partition coefficient (Wildman–Crippen LogP) is 1.65. The molecule has 1 unspecified atom stereocenters. The Morgan fingerprint density at radius 1 is 1.37 bits per heavy atom. The van der Waals surface area contributed by atoms with Crippen molar-refractivity contribution in [3.8, 4) is 0 Å².